The van der Waals surface area contributed by atoms with Crippen molar-refractivity contribution >= 4 is 5.91 Å². The summed E-state index contributed by atoms with van der Waals surface area (Å²) in [6.45, 7) is 11.3. The molecule has 2 saturated heterocycles. The van der Waals surface area contributed by atoms with Gasteiger partial charge in [0.2, 0.25) is 5.76 Å². The summed E-state index contributed by atoms with van der Waals surface area (Å²) in [6.07, 6.45) is 0. The van der Waals surface area contributed by atoms with E-state index in [1.807, 2.05) is 18.7 Å². The highest BCUT2D eigenvalue weighted by molar-refractivity contribution is 5.91. The summed E-state index contributed by atoms with van der Waals surface area (Å²) in [6, 6.07) is 2.19. The van der Waals surface area contributed by atoms with Crippen molar-refractivity contribution in [1.29, 1.82) is 0 Å². The molecule has 122 valence electrons. The third-order valence-corrected chi connectivity index (χ3v) is 4.71. The smallest absolute Gasteiger partial charge is 0.292 e. The molecule has 3 heterocycles. The zero-order valence-electron chi connectivity index (χ0n) is 13.6. The number of hydrogen-bond acceptors (Lipinski definition) is 5. The summed E-state index contributed by atoms with van der Waals surface area (Å²) in [5.41, 5.74) is 0.834. The molecular weight excluding hydrogens is 282 g/mol. The van der Waals surface area contributed by atoms with Crippen LogP contribution in [0.1, 0.15) is 42.9 Å². The summed E-state index contributed by atoms with van der Waals surface area (Å²) in [4.78, 5) is 16.9. The second kappa shape index (κ2) is 6.38. The van der Waals surface area contributed by atoms with Crippen LogP contribution in [-0.4, -0.2) is 66.3 Å². The molecule has 2 fully saturated rings. The maximum absolute atomic E-state index is 12.6. The molecule has 0 unspecified atom stereocenters. The molecule has 1 amide bonds. The lowest BCUT2D eigenvalue weighted by Crippen LogP contribution is -2.47. The molecule has 2 aliphatic heterocycles. The molecule has 3 rings (SSSR count). The van der Waals surface area contributed by atoms with E-state index >= 15 is 0 Å². The van der Waals surface area contributed by atoms with Gasteiger partial charge in [0, 0.05) is 38.3 Å². The number of carbonyl (C=O) groups excluding carboxylic acids is 1. The molecule has 2 atom stereocenters. The number of morpholine rings is 1. The first-order valence-corrected chi connectivity index (χ1v) is 8.14. The number of ether oxygens (including phenoxy) is 1. The van der Waals surface area contributed by atoms with Crippen LogP contribution in [0.2, 0.25) is 0 Å². The van der Waals surface area contributed by atoms with Crippen molar-refractivity contribution in [3.63, 3.8) is 0 Å². The van der Waals surface area contributed by atoms with Crippen LogP contribution in [0, 0.1) is 5.92 Å². The minimum atomic E-state index is -0.0398. The molecule has 0 spiro atoms. The molecule has 0 N–H and O–H groups in total. The molecule has 22 heavy (non-hydrogen) atoms. The summed E-state index contributed by atoms with van der Waals surface area (Å²) in [5, 5.41) is 3.99. The first kappa shape index (κ1) is 15.5. The van der Waals surface area contributed by atoms with Gasteiger partial charge < -0.3 is 14.2 Å². The van der Waals surface area contributed by atoms with Crippen LogP contribution in [0.25, 0.3) is 0 Å². The number of nitrogens with zero attached hydrogens (tertiary/aromatic N) is 3. The van der Waals surface area contributed by atoms with Crippen LogP contribution in [-0.2, 0) is 4.74 Å². The van der Waals surface area contributed by atoms with Crippen LogP contribution >= 0.6 is 0 Å². The highest BCUT2D eigenvalue weighted by atomic mass is 16.5. The Morgan fingerprint density at radius 3 is 2.68 bits per heavy atom. The van der Waals surface area contributed by atoms with Gasteiger partial charge in [0.25, 0.3) is 5.91 Å². The fourth-order valence-electron chi connectivity index (χ4n) is 3.32. The van der Waals surface area contributed by atoms with Gasteiger partial charge in [-0.2, -0.15) is 0 Å². The van der Waals surface area contributed by atoms with E-state index in [1.54, 1.807) is 6.07 Å². The Kier molecular flexibility index (Phi) is 4.49. The van der Waals surface area contributed by atoms with E-state index in [4.69, 9.17) is 9.26 Å². The molecule has 1 aromatic heterocycles. The average Bonchev–Trinajstić information content (AvgIpc) is 3.14. The highest BCUT2D eigenvalue weighted by Gasteiger charge is 2.37. The van der Waals surface area contributed by atoms with Gasteiger partial charge >= 0.3 is 0 Å². The van der Waals surface area contributed by atoms with Gasteiger partial charge in [0.1, 0.15) is 0 Å². The maximum atomic E-state index is 12.6. The lowest BCUT2D eigenvalue weighted by Gasteiger charge is -2.33. The van der Waals surface area contributed by atoms with Crippen molar-refractivity contribution < 1.29 is 14.1 Å². The first-order valence-electron chi connectivity index (χ1n) is 8.14. The van der Waals surface area contributed by atoms with Crippen molar-refractivity contribution in [2.75, 3.05) is 39.4 Å². The Labute approximate surface area is 131 Å². The average molecular weight is 307 g/mol. The predicted molar refractivity (Wildman–Crippen MR) is 81.8 cm³/mol. The molecule has 2 aliphatic rings. The van der Waals surface area contributed by atoms with Gasteiger partial charge in [-0.05, 0) is 11.8 Å². The molecule has 6 nitrogen and oxygen atoms in total. The van der Waals surface area contributed by atoms with Gasteiger partial charge in [-0.1, -0.05) is 25.9 Å². The second-order valence-corrected chi connectivity index (χ2v) is 6.67. The molecule has 0 saturated carbocycles. The Morgan fingerprint density at radius 2 is 2.05 bits per heavy atom. The SMILES string of the molecule is CC(C)c1cc(C(=O)N2C[C@H](C)[C@@H](N3CCOCC3)C2)on1. The van der Waals surface area contributed by atoms with Crippen molar-refractivity contribution in [3.05, 3.63) is 17.5 Å². The number of rotatable bonds is 3. The van der Waals surface area contributed by atoms with Crippen LogP contribution < -0.4 is 0 Å². The summed E-state index contributed by atoms with van der Waals surface area (Å²) < 4.78 is 10.7. The largest absolute Gasteiger partial charge is 0.379 e. The van der Waals surface area contributed by atoms with E-state index in [2.05, 4.69) is 17.0 Å². The molecule has 0 aliphatic carbocycles. The zero-order valence-corrected chi connectivity index (χ0v) is 13.6. The summed E-state index contributed by atoms with van der Waals surface area (Å²) in [5.74, 6) is 1.05. The van der Waals surface area contributed by atoms with Crippen molar-refractivity contribution in [2.45, 2.75) is 32.7 Å². The molecule has 0 radical (unpaired) electrons. The van der Waals surface area contributed by atoms with E-state index in [0.29, 0.717) is 17.7 Å². The van der Waals surface area contributed by atoms with Gasteiger partial charge in [0.05, 0.1) is 18.9 Å². The Bertz CT molecular complexity index is 522. The van der Waals surface area contributed by atoms with Crippen LogP contribution in [0.4, 0.5) is 0 Å². The van der Waals surface area contributed by atoms with Gasteiger partial charge in [-0.15, -0.1) is 0 Å². The van der Waals surface area contributed by atoms with E-state index in [1.165, 1.54) is 0 Å². The van der Waals surface area contributed by atoms with Crippen LogP contribution in [0.5, 0.6) is 0 Å². The van der Waals surface area contributed by atoms with E-state index in [0.717, 1.165) is 45.1 Å². The van der Waals surface area contributed by atoms with E-state index in [9.17, 15) is 4.79 Å². The molecule has 6 heteroatoms. The van der Waals surface area contributed by atoms with E-state index < -0.39 is 0 Å². The topological polar surface area (TPSA) is 58.8 Å². The van der Waals surface area contributed by atoms with Crippen molar-refractivity contribution in [3.8, 4) is 0 Å². The minimum absolute atomic E-state index is 0.0398. The van der Waals surface area contributed by atoms with Gasteiger partial charge in [0.15, 0.2) is 0 Å². The molecule has 1 aromatic rings. The lowest BCUT2D eigenvalue weighted by molar-refractivity contribution is 0.0118. The Hall–Kier alpha value is -1.40. The van der Waals surface area contributed by atoms with Gasteiger partial charge in [-0.25, -0.2) is 0 Å². The number of amides is 1. The standard InChI is InChI=1S/C16H25N3O3/c1-11(2)13-8-15(22-17-13)16(20)19-9-12(3)14(10-19)18-4-6-21-7-5-18/h8,11-12,14H,4-7,9-10H2,1-3H3/t12-,14-/m0/s1. The molecule has 0 aromatic carbocycles. The summed E-state index contributed by atoms with van der Waals surface area (Å²) >= 11 is 0. The van der Waals surface area contributed by atoms with Crippen LogP contribution in [0.3, 0.4) is 0 Å². The number of carbonyl (C=O) groups is 1. The van der Waals surface area contributed by atoms with Crippen molar-refractivity contribution in [1.82, 2.24) is 15.0 Å². The molecule has 0 bridgehead atoms. The minimum Gasteiger partial charge on any atom is -0.379 e. The Morgan fingerprint density at radius 1 is 1.32 bits per heavy atom. The fraction of sp³-hybridized carbons (Fsp3) is 0.750. The maximum Gasteiger partial charge on any atom is 0.292 e. The fourth-order valence-corrected chi connectivity index (χ4v) is 3.32. The third kappa shape index (κ3) is 3.03. The predicted octanol–water partition coefficient (Wildman–Crippen LogP) is 1.59. The zero-order chi connectivity index (χ0) is 15.7. The van der Waals surface area contributed by atoms with E-state index in [-0.39, 0.29) is 11.8 Å². The number of aromatic nitrogens is 1. The van der Waals surface area contributed by atoms with Gasteiger partial charge in [-0.3, -0.25) is 9.69 Å². The van der Waals surface area contributed by atoms with Crippen molar-refractivity contribution in [2.24, 2.45) is 5.92 Å². The first-order chi connectivity index (χ1) is 10.6. The monoisotopic (exact) mass is 307 g/mol. The quantitative estimate of drug-likeness (QED) is 0.849. The normalized spacial score (nSPS) is 26.8. The highest BCUT2D eigenvalue weighted by Crippen LogP contribution is 2.25. The number of hydrogen-bond donors (Lipinski definition) is 0. The third-order valence-electron chi connectivity index (χ3n) is 4.71. The second-order valence-electron chi connectivity index (χ2n) is 6.67. The van der Waals surface area contributed by atoms with Crippen LogP contribution in [0.15, 0.2) is 10.6 Å². The summed E-state index contributed by atoms with van der Waals surface area (Å²) in [7, 11) is 0. The molecular formula is C16H25N3O3. The Balaban J connectivity index is 1.66. The number of likely N-dealkylation sites (tertiary alicyclic amines) is 1. The lowest BCUT2D eigenvalue weighted by atomic mass is 10.0.